The lowest BCUT2D eigenvalue weighted by Gasteiger charge is -2.12. The van der Waals surface area contributed by atoms with E-state index in [2.05, 4.69) is 20.8 Å². The Morgan fingerprint density at radius 3 is 2.85 bits per heavy atom. The molecule has 2 aromatic rings. The van der Waals surface area contributed by atoms with Gasteiger partial charge >= 0.3 is 0 Å². The number of rotatable bonds is 8. The molecule has 0 atom stereocenters. The summed E-state index contributed by atoms with van der Waals surface area (Å²) in [6, 6.07) is 5.88. The van der Waals surface area contributed by atoms with Gasteiger partial charge in [-0.2, -0.15) is 0 Å². The first-order valence-electron chi connectivity index (χ1n) is 8.59. The number of carbonyl (C=O) groups excluding carboxylic acids is 1. The number of aromatic nitrogens is 4. The maximum absolute atomic E-state index is 12.2. The molecule has 3 rings (SSSR count). The van der Waals surface area contributed by atoms with E-state index < -0.39 is 0 Å². The van der Waals surface area contributed by atoms with E-state index in [9.17, 15) is 4.79 Å². The molecule has 0 aliphatic heterocycles. The second kappa shape index (κ2) is 8.88. The molecule has 1 aliphatic carbocycles. The van der Waals surface area contributed by atoms with Crippen molar-refractivity contribution in [1.82, 2.24) is 25.5 Å². The van der Waals surface area contributed by atoms with Crippen molar-refractivity contribution in [1.29, 1.82) is 0 Å². The number of tetrazole rings is 1. The van der Waals surface area contributed by atoms with E-state index in [1.165, 1.54) is 24.6 Å². The summed E-state index contributed by atoms with van der Waals surface area (Å²) in [6.45, 7) is 0.389. The third kappa shape index (κ3) is 4.46. The van der Waals surface area contributed by atoms with Crippen molar-refractivity contribution in [3.63, 3.8) is 0 Å². The summed E-state index contributed by atoms with van der Waals surface area (Å²) in [6.07, 6.45) is 4.61. The zero-order valence-corrected chi connectivity index (χ0v) is 15.8. The van der Waals surface area contributed by atoms with Gasteiger partial charge in [-0.15, -0.1) is 5.10 Å². The first-order valence-corrected chi connectivity index (χ1v) is 9.58. The molecule has 1 aromatic heterocycles. The highest BCUT2D eigenvalue weighted by atomic mass is 32.2. The van der Waals surface area contributed by atoms with Crippen LogP contribution in [-0.4, -0.2) is 46.1 Å². The predicted molar refractivity (Wildman–Crippen MR) is 97.4 cm³/mol. The fraction of sp³-hybridized carbons (Fsp3) is 0.529. The lowest BCUT2D eigenvalue weighted by Crippen LogP contribution is -2.25. The monoisotopic (exact) mass is 377 g/mol. The minimum atomic E-state index is -0.0751. The predicted octanol–water partition coefficient (Wildman–Crippen LogP) is 2.21. The van der Waals surface area contributed by atoms with Gasteiger partial charge in [0.05, 0.1) is 26.0 Å². The smallest absolute Gasteiger partial charge is 0.230 e. The number of thioether (sulfide) groups is 1. The SMILES string of the molecule is COc1ccc(CNC(=O)CSc2nnnn2C2CCCC2)c(OC)c1. The molecule has 0 saturated heterocycles. The van der Waals surface area contributed by atoms with E-state index in [1.807, 2.05) is 16.8 Å². The van der Waals surface area contributed by atoms with Gasteiger partial charge in [0.25, 0.3) is 0 Å². The summed E-state index contributed by atoms with van der Waals surface area (Å²) in [5.74, 6) is 1.59. The molecule has 26 heavy (non-hydrogen) atoms. The van der Waals surface area contributed by atoms with Crippen LogP contribution in [0.25, 0.3) is 0 Å². The van der Waals surface area contributed by atoms with Crippen LogP contribution in [-0.2, 0) is 11.3 Å². The van der Waals surface area contributed by atoms with E-state index >= 15 is 0 Å². The Morgan fingerprint density at radius 1 is 1.31 bits per heavy atom. The fourth-order valence-corrected chi connectivity index (χ4v) is 3.81. The minimum absolute atomic E-state index is 0.0751. The number of hydrogen-bond acceptors (Lipinski definition) is 7. The summed E-state index contributed by atoms with van der Waals surface area (Å²) in [5, 5.41) is 15.5. The van der Waals surface area contributed by atoms with Gasteiger partial charge in [0.1, 0.15) is 11.5 Å². The van der Waals surface area contributed by atoms with Crippen LogP contribution >= 0.6 is 11.8 Å². The Hall–Kier alpha value is -2.29. The zero-order valence-electron chi connectivity index (χ0n) is 15.0. The second-order valence-corrected chi connectivity index (χ2v) is 7.03. The highest BCUT2D eigenvalue weighted by Crippen LogP contribution is 2.31. The number of nitrogens with one attached hydrogen (secondary N) is 1. The van der Waals surface area contributed by atoms with Crippen molar-refractivity contribution in [2.24, 2.45) is 0 Å². The summed E-state index contributed by atoms with van der Waals surface area (Å²) >= 11 is 1.36. The summed E-state index contributed by atoms with van der Waals surface area (Å²) < 4.78 is 12.4. The molecule has 0 radical (unpaired) electrons. The molecule has 1 amide bonds. The number of benzene rings is 1. The molecule has 1 saturated carbocycles. The Morgan fingerprint density at radius 2 is 2.12 bits per heavy atom. The van der Waals surface area contributed by atoms with Crippen LogP contribution in [0.2, 0.25) is 0 Å². The van der Waals surface area contributed by atoms with Crippen LogP contribution in [0.3, 0.4) is 0 Å². The van der Waals surface area contributed by atoms with Crippen LogP contribution in [0, 0.1) is 0 Å². The zero-order chi connectivity index (χ0) is 18.4. The standard InChI is InChI=1S/C17H23N5O3S/c1-24-14-8-7-12(15(9-14)25-2)10-18-16(23)11-26-17-19-20-21-22(17)13-5-3-4-6-13/h7-9,13H,3-6,10-11H2,1-2H3,(H,18,23). The van der Waals surface area contributed by atoms with Crippen molar-refractivity contribution in [3.8, 4) is 11.5 Å². The fourth-order valence-electron chi connectivity index (χ4n) is 3.03. The maximum atomic E-state index is 12.2. The van der Waals surface area contributed by atoms with Crippen molar-refractivity contribution >= 4 is 17.7 Å². The molecule has 1 N–H and O–H groups in total. The number of carbonyl (C=O) groups is 1. The van der Waals surface area contributed by atoms with Gasteiger partial charge in [0.2, 0.25) is 11.1 Å². The van der Waals surface area contributed by atoms with Crippen LogP contribution < -0.4 is 14.8 Å². The van der Waals surface area contributed by atoms with Gasteiger partial charge in [-0.3, -0.25) is 4.79 Å². The van der Waals surface area contributed by atoms with Crippen LogP contribution in [0.15, 0.2) is 23.4 Å². The van der Waals surface area contributed by atoms with Crippen molar-refractivity contribution in [2.45, 2.75) is 43.4 Å². The molecule has 0 unspecified atom stereocenters. The molecule has 1 aliphatic rings. The van der Waals surface area contributed by atoms with Gasteiger partial charge in [0, 0.05) is 18.2 Å². The minimum Gasteiger partial charge on any atom is -0.497 e. The van der Waals surface area contributed by atoms with E-state index in [1.54, 1.807) is 20.3 Å². The van der Waals surface area contributed by atoms with Crippen molar-refractivity contribution in [2.75, 3.05) is 20.0 Å². The molecular weight excluding hydrogens is 354 g/mol. The molecule has 1 aromatic carbocycles. The summed E-state index contributed by atoms with van der Waals surface area (Å²) in [7, 11) is 3.20. The quantitative estimate of drug-likeness (QED) is 0.705. The topological polar surface area (TPSA) is 91.2 Å². The van der Waals surface area contributed by atoms with Gasteiger partial charge in [-0.05, 0) is 35.4 Å². The Kier molecular flexibility index (Phi) is 6.32. The third-order valence-electron chi connectivity index (χ3n) is 4.44. The second-order valence-electron chi connectivity index (χ2n) is 6.09. The average Bonchev–Trinajstić information content (AvgIpc) is 3.35. The molecule has 9 heteroatoms. The van der Waals surface area contributed by atoms with E-state index in [-0.39, 0.29) is 11.7 Å². The van der Waals surface area contributed by atoms with Crippen molar-refractivity contribution in [3.05, 3.63) is 23.8 Å². The van der Waals surface area contributed by atoms with E-state index in [0.29, 0.717) is 29.2 Å². The number of methoxy groups -OCH3 is 2. The van der Waals surface area contributed by atoms with E-state index in [4.69, 9.17) is 9.47 Å². The number of ether oxygens (including phenoxy) is 2. The van der Waals surface area contributed by atoms with Crippen LogP contribution in [0.1, 0.15) is 37.3 Å². The first-order chi connectivity index (χ1) is 12.7. The Balaban J connectivity index is 1.51. The van der Waals surface area contributed by atoms with Gasteiger partial charge < -0.3 is 14.8 Å². The third-order valence-corrected chi connectivity index (χ3v) is 5.37. The maximum Gasteiger partial charge on any atom is 0.230 e. The summed E-state index contributed by atoms with van der Waals surface area (Å²) in [4.78, 5) is 12.2. The van der Waals surface area contributed by atoms with Crippen LogP contribution in [0.5, 0.6) is 11.5 Å². The normalized spacial score (nSPS) is 14.4. The van der Waals surface area contributed by atoms with Crippen molar-refractivity contribution < 1.29 is 14.3 Å². The van der Waals surface area contributed by atoms with Crippen LogP contribution in [0.4, 0.5) is 0 Å². The highest BCUT2D eigenvalue weighted by Gasteiger charge is 2.22. The molecule has 8 nitrogen and oxygen atoms in total. The van der Waals surface area contributed by atoms with Gasteiger partial charge in [-0.25, -0.2) is 4.68 Å². The highest BCUT2D eigenvalue weighted by molar-refractivity contribution is 7.99. The largest absolute Gasteiger partial charge is 0.497 e. The number of amides is 1. The first kappa shape index (κ1) is 18.5. The molecule has 1 fully saturated rings. The Bertz CT molecular complexity index is 746. The van der Waals surface area contributed by atoms with Gasteiger partial charge in [-0.1, -0.05) is 24.6 Å². The molecular formula is C17H23N5O3S. The lowest BCUT2D eigenvalue weighted by molar-refractivity contribution is -0.118. The molecule has 1 heterocycles. The van der Waals surface area contributed by atoms with E-state index in [0.717, 1.165) is 18.4 Å². The average molecular weight is 377 g/mol. The molecule has 0 bridgehead atoms. The molecule has 140 valence electrons. The van der Waals surface area contributed by atoms with Gasteiger partial charge in [0.15, 0.2) is 0 Å². The number of nitrogens with zero attached hydrogens (tertiary/aromatic N) is 4. The number of hydrogen-bond donors (Lipinski definition) is 1. The molecule has 0 spiro atoms. The lowest BCUT2D eigenvalue weighted by atomic mass is 10.2. The summed E-state index contributed by atoms with van der Waals surface area (Å²) in [5.41, 5.74) is 0.891. The Labute approximate surface area is 156 Å².